The highest BCUT2D eigenvalue weighted by atomic mass is 15.0. The second kappa shape index (κ2) is 6.12. The Hall–Kier alpha value is -0.820. The Morgan fingerprint density at radius 2 is 1.57 bits per heavy atom. The van der Waals surface area contributed by atoms with Crippen LogP contribution in [-0.4, -0.2) is 6.04 Å². The van der Waals surface area contributed by atoms with Crippen molar-refractivity contribution in [1.82, 2.24) is 5.32 Å². The summed E-state index contributed by atoms with van der Waals surface area (Å²) < 4.78 is 0. The van der Waals surface area contributed by atoms with Crippen LogP contribution in [0.25, 0.3) is 0 Å². The summed E-state index contributed by atoms with van der Waals surface area (Å²) in [6.07, 6.45) is 13.2. The molecule has 1 nitrogen and oxygen atoms in total. The lowest BCUT2D eigenvalue weighted by Gasteiger charge is -2.41. The van der Waals surface area contributed by atoms with E-state index in [0.717, 1.165) is 23.8 Å². The van der Waals surface area contributed by atoms with Crippen LogP contribution in [0.4, 0.5) is 0 Å². The fourth-order valence-corrected chi connectivity index (χ4v) is 4.87. The number of rotatable bonds is 4. The first-order valence-electron chi connectivity index (χ1n) is 9.21. The van der Waals surface area contributed by atoms with Gasteiger partial charge in [-0.2, -0.15) is 0 Å². The van der Waals surface area contributed by atoms with Crippen LogP contribution >= 0.6 is 0 Å². The zero-order chi connectivity index (χ0) is 14.1. The standard InChI is InChI=1S/C20H29N/c1-2-7-16(8-3-1)20(17-10-11-17)21-19-13-12-15-6-4-5-9-18(15)14-19/h1-3,7-8,15,17-21H,4-6,9-14H2. The molecule has 1 heteroatoms. The van der Waals surface area contributed by atoms with E-state index in [9.17, 15) is 0 Å². The van der Waals surface area contributed by atoms with E-state index in [1.165, 1.54) is 63.4 Å². The molecule has 3 saturated carbocycles. The highest BCUT2D eigenvalue weighted by Crippen LogP contribution is 2.44. The Morgan fingerprint density at radius 3 is 2.33 bits per heavy atom. The Kier molecular flexibility index (Phi) is 4.03. The molecule has 0 heterocycles. The summed E-state index contributed by atoms with van der Waals surface area (Å²) in [5.74, 6) is 2.99. The fraction of sp³-hybridized carbons (Fsp3) is 0.700. The molecular formula is C20H29N. The van der Waals surface area contributed by atoms with Gasteiger partial charge in [0.05, 0.1) is 0 Å². The van der Waals surface area contributed by atoms with Crippen molar-refractivity contribution >= 4 is 0 Å². The van der Waals surface area contributed by atoms with Crippen LogP contribution in [0.5, 0.6) is 0 Å². The molecule has 0 bridgehead atoms. The third-order valence-corrected chi connectivity index (χ3v) is 6.21. The second-order valence-electron chi connectivity index (χ2n) is 7.71. The van der Waals surface area contributed by atoms with E-state index in [0.29, 0.717) is 6.04 Å². The predicted octanol–water partition coefficient (Wildman–Crippen LogP) is 5.09. The van der Waals surface area contributed by atoms with E-state index >= 15 is 0 Å². The summed E-state index contributed by atoms with van der Waals surface area (Å²) in [4.78, 5) is 0. The van der Waals surface area contributed by atoms with Crippen LogP contribution < -0.4 is 5.32 Å². The molecule has 3 aliphatic rings. The van der Waals surface area contributed by atoms with Crippen molar-refractivity contribution in [2.45, 2.75) is 69.9 Å². The number of benzene rings is 1. The van der Waals surface area contributed by atoms with Crippen molar-refractivity contribution in [3.05, 3.63) is 35.9 Å². The van der Waals surface area contributed by atoms with E-state index in [2.05, 4.69) is 35.6 Å². The maximum Gasteiger partial charge on any atom is 0.0351 e. The summed E-state index contributed by atoms with van der Waals surface area (Å²) >= 11 is 0. The Bertz CT molecular complexity index is 450. The first-order chi connectivity index (χ1) is 10.4. The van der Waals surface area contributed by atoms with Crippen molar-refractivity contribution in [2.75, 3.05) is 0 Å². The number of hydrogen-bond donors (Lipinski definition) is 1. The maximum atomic E-state index is 4.07. The zero-order valence-corrected chi connectivity index (χ0v) is 13.1. The van der Waals surface area contributed by atoms with Gasteiger partial charge in [-0.3, -0.25) is 0 Å². The molecule has 0 aliphatic heterocycles. The topological polar surface area (TPSA) is 12.0 Å². The van der Waals surface area contributed by atoms with Gasteiger partial charge in [-0.25, -0.2) is 0 Å². The predicted molar refractivity (Wildman–Crippen MR) is 88.1 cm³/mol. The molecule has 21 heavy (non-hydrogen) atoms. The molecule has 0 radical (unpaired) electrons. The van der Waals surface area contributed by atoms with Crippen molar-refractivity contribution < 1.29 is 0 Å². The van der Waals surface area contributed by atoms with E-state index < -0.39 is 0 Å². The summed E-state index contributed by atoms with van der Waals surface area (Å²) in [5.41, 5.74) is 1.52. The highest BCUT2D eigenvalue weighted by molar-refractivity contribution is 5.21. The van der Waals surface area contributed by atoms with Gasteiger partial charge in [0.1, 0.15) is 0 Å². The molecule has 114 valence electrons. The average molecular weight is 283 g/mol. The number of fused-ring (bicyclic) bond motifs is 1. The first kappa shape index (κ1) is 13.8. The van der Waals surface area contributed by atoms with Crippen LogP contribution in [0.3, 0.4) is 0 Å². The zero-order valence-electron chi connectivity index (χ0n) is 13.1. The summed E-state index contributed by atoms with van der Waals surface area (Å²) in [6.45, 7) is 0. The molecule has 1 aromatic rings. The molecule has 0 spiro atoms. The van der Waals surface area contributed by atoms with Crippen LogP contribution in [-0.2, 0) is 0 Å². The second-order valence-corrected chi connectivity index (χ2v) is 7.71. The lowest BCUT2D eigenvalue weighted by Crippen LogP contribution is -2.41. The van der Waals surface area contributed by atoms with Crippen LogP contribution in [0, 0.1) is 17.8 Å². The van der Waals surface area contributed by atoms with Crippen LogP contribution in [0.2, 0.25) is 0 Å². The largest absolute Gasteiger partial charge is 0.307 e. The van der Waals surface area contributed by atoms with Gasteiger partial charge >= 0.3 is 0 Å². The summed E-state index contributed by atoms with van der Waals surface area (Å²) in [5, 5.41) is 4.07. The van der Waals surface area contributed by atoms with Gasteiger partial charge in [-0.15, -0.1) is 0 Å². The lowest BCUT2D eigenvalue weighted by atomic mass is 9.69. The van der Waals surface area contributed by atoms with Crippen molar-refractivity contribution in [1.29, 1.82) is 0 Å². The SMILES string of the molecule is c1ccc(C(NC2CCC3CCCCC3C2)C2CC2)cc1. The molecule has 3 aliphatic carbocycles. The molecule has 0 aromatic heterocycles. The Balaban J connectivity index is 1.42. The molecule has 0 saturated heterocycles. The van der Waals surface area contributed by atoms with E-state index in [-0.39, 0.29) is 0 Å². The van der Waals surface area contributed by atoms with E-state index in [1.807, 2.05) is 0 Å². The normalized spacial score (nSPS) is 34.2. The molecule has 4 atom stereocenters. The average Bonchev–Trinajstić information content (AvgIpc) is 3.38. The Labute approximate surface area is 129 Å². The van der Waals surface area contributed by atoms with Gasteiger partial charge in [0.15, 0.2) is 0 Å². The van der Waals surface area contributed by atoms with Gasteiger partial charge in [-0.1, -0.05) is 56.0 Å². The number of hydrogen-bond acceptors (Lipinski definition) is 1. The lowest BCUT2D eigenvalue weighted by molar-refractivity contribution is 0.136. The molecule has 0 amide bonds. The summed E-state index contributed by atoms with van der Waals surface area (Å²) in [6, 6.07) is 12.6. The molecule has 4 rings (SSSR count). The third-order valence-electron chi connectivity index (χ3n) is 6.21. The monoisotopic (exact) mass is 283 g/mol. The smallest absolute Gasteiger partial charge is 0.0351 e. The van der Waals surface area contributed by atoms with Crippen molar-refractivity contribution in [3.8, 4) is 0 Å². The van der Waals surface area contributed by atoms with Crippen molar-refractivity contribution in [3.63, 3.8) is 0 Å². The molecular weight excluding hydrogens is 254 g/mol. The molecule has 3 fully saturated rings. The van der Waals surface area contributed by atoms with Gasteiger partial charge in [0.2, 0.25) is 0 Å². The minimum absolute atomic E-state index is 0.622. The van der Waals surface area contributed by atoms with Gasteiger partial charge in [0, 0.05) is 12.1 Å². The minimum atomic E-state index is 0.622. The third kappa shape index (κ3) is 3.18. The minimum Gasteiger partial charge on any atom is -0.307 e. The first-order valence-corrected chi connectivity index (χ1v) is 9.21. The highest BCUT2D eigenvalue weighted by Gasteiger charge is 2.37. The van der Waals surface area contributed by atoms with Gasteiger partial charge in [-0.05, 0) is 55.4 Å². The fourth-order valence-electron chi connectivity index (χ4n) is 4.87. The van der Waals surface area contributed by atoms with Crippen LogP contribution in [0.1, 0.15) is 69.4 Å². The number of nitrogens with one attached hydrogen (secondary N) is 1. The van der Waals surface area contributed by atoms with E-state index in [4.69, 9.17) is 0 Å². The van der Waals surface area contributed by atoms with Gasteiger partial charge < -0.3 is 5.32 Å². The molecule has 1 N–H and O–H groups in total. The van der Waals surface area contributed by atoms with E-state index in [1.54, 1.807) is 0 Å². The summed E-state index contributed by atoms with van der Waals surface area (Å²) in [7, 11) is 0. The van der Waals surface area contributed by atoms with Crippen LogP contribution in [0.15, 0.2) is 30.3 Å². The molecule has 1 aromatic carbocycles. The maximum absolute atomic E-state index is 4.07. The quantitative estimate of drug-likeness (QED) is 0.812. The molecule has 4 unspecified atom stereocenters. The Morgan fingerprint density at radius 1 is 0.810 bits per heavy atom. The van der Waals surface area contributed by atoms with Crippen molar-refractivity contribution in [2.24, 2.45) is 17.8 Å². The van der Waals surface area contributed by atoms with Gasteiger partial charge in [0.25, 0.3) is 0 Å².